The maximum atomic E-state index is 11.2. The lowest BCUT2D eigenvalue weighted by Gasteiger charge is -2.42. The number of anilines is 1. The second-order valence-electron chi connectivity index (χ2n) is 5.48. The lowest BCUT2D eigenvalue weighted by atomic mass is 9.74. The molecular formula is C16H22ClNO. The van der Waals surface area contributed by atoms with Gasteiger partial charge in [0.25, 0.3) is 0 Å². The van der Waals surface area contributed by atoms with Crippen LogP contribution in [-0.4, -0.2) is 19.4 Å². The molecule has 0 radical (unpaired) electrons. The Labute approximate surface area is 120 Å². The van der Waals surface area contributed by atoms with Crippen molar-refractivity contribution in [2.24, 2.45) is 5.41 Å². The van der Waals surface area contributed by atoms with Crippen molar-refractivity contribution >= 4 is 23.6 Å². The van der Waals surface area contributed by atoms with Gasteiger partial charge in [-0.15, -0.1) is 0 Å². The number of hydrogen-bond donors (Lipinski definition) is 0. The molecule has 3 heteroatoms. The summed E-state index contributed by atoms with van der Waals surface area (Å²) in [5.41, 5.74) is 2.11. The standard InChI is InChI=1S/C16H22ClNO/c1-3-16(4-2)8-10-18(11-9-16)15-7-5-6-14(17)13(15)12-19/h5-7,12H,3-4,8-11H2,1-2H3. The van der Waals surface area contributed by atoms with Crippen LogP contribution in [0.15, 0.2) is 18.2 Å². The van der Waals surface area contributed by atoms with Crippen molar-refractivity contribution in [3.8, 4) is 0 Å². The van der Waals surface area contributed by atoms with Gasteiger partial charge in [-0.2, -0.15) is 0 Å². The third kappa shape index (κ3) is 2.79. The first-order valence-corrected chi connectivity index (χ1v) is 7.52. The number of piperidine rings is 1. The minimum atomic E-state index is 0.496. The summed E-state index contributed by atoms with van der Waals surface area (Å²) in [7, 11) is 0. The number of rotatable bonds is 4. The normalized spacial score (nSPS) is 18.4. The second kappa shape index (κ2) is 5.96. The molecule has 104 valence electrons. The maximum absolute atomic E-state index is 11.2. The number of halogens is 1. The zero-order chi connectivity index (χ0) is 13.9. The second-order valence-corrected chi connectivity index (χ2v) is 5.89. The van der Waals surface area contributed by atoms with Crippen molar-refractivity contribution in [1.29, 1.82) is 0 Å². The summed E-state index contributed by atoms with van der Waals surface area (Å²) in [4.78, 5) is 13.5. The molecule has 0 bridgehead atoms. The van der Waals surface area contributed by atoms with E-state index in [-0.39, 0.29) is 0 Å². The van der Waals surface area contributed by atoms with Gasteiger partial charge in [0, 0.05) is 18.8 Å². The van der Waals surface area contributed by atoms with Crippen LogP contribution >= 0.6 is 11.6 Å². The van der Waals surface area contributed by atoms with E-state index >= 15 is 0 Å². The largest absolute Gasteiger partial charge is 0.371 e. The highest BCUT2D eigenvalue weighted by molar-refractivity contribution is 6.33. The fourth-order valence-electron chi connectivity index (χ4n) is 3.10. The molecule has 0 aliphatic carbocycles. The quantitative estimate of drug-likeness (QED) is 0.753. The van der Waals surface area contributed by atoms with Gasteiger partial charge in [-0.1, -0.05) is 44.4 Å². The number of benzene rings is 1. The first-order valence-electron chi connectivity index (χ1n) is 7.14. The van der Waals surface area contributed by atoms with Crippen molar-refractivity contribution < 1.29 is 4.79 Å². The lowest BCUT2D eigenvalue weighted by molar-refractivity contribution is 0.112. The smallest absolute Gasteiger partial charge is 0.153 e. The van der Waals surface area contributed by atoms with E-state index in [1.54, 1.807) is 6.07 Å². The molecule has 2 rings (SSSR count). The van der Waals surface area contributed by atoms with Gasteiger partial charge in [-0.3, -0.25) is 4.79 Å². The fourth-order valence-corrected chi connectivity index (χ4v) is 3.31. The predicted octanol–water partition coefficient (Wildman–Crippen LogP) is 4.56. The summed E-state index contributed by atoms with van der Waals surface area (Å²) < 4.78 is 0. The summed E-state index contributed by atoms with van der Waals surface area (Å²) in [6, 6.07) is 5.70. The highest BCUT2D eigenvalue weighted by Crippen LogP contribution is 2.40. The van der Waals surface area contributed by atoms with Gasteiger partial charge in [0.1, 0.15) is 0 Å². The number of hydrogen-bond acceptors (Lipinski definition) is 2. The van der Waals surface area contributed by atoms with Crippen LogP contribution in [0.4, 0.5) is 5.69 Å². The summed E-state index contributed by atoms with van der Waals surface area (Å²) in [6.07, 6.45) is 5.76. The molecule has 1 aromatic rings. The molecule has 0 unspecified atom stereocenters. The zero-order valence-electron chi connectivity index (χ0n) is 11.8. The third-order valence-corrected chi connectivity index (χ3v) is 5.14. The van der Waals surface area contributed by atoms with Gasteiger partial charge < -0.3 is 4.90 Å². The molecule has 1 aromatic carbocycles. The summed E-state index contributed by atoms with van der Waals surface area (Å²) in [6.45, 7) is 6.61. The first-order chi connectivity index (χ1) is 9.15. The monoisotopic (exact) mass is 279 g/mol. The first kappa shape index (κ1) is 14.4. The molecule has 0 atom stereocenters. The minimum Gasteiger partial charge on any atom is -0.371 e. The van der Waals surface area contributed by atoms with Crippen LogP contribution in [0, 0.1) is 5.41 Å². The Balaban J connectivity index is 2.18. The summed E-state index contributed by atoms with van der Waals surface area (Å²) in [5.74, 6) is 0. The number of carbonyl (C=O) groups is 1. The average Bonchev–Trinajstić information content (AvgIpc) is 2.47. The van der Waals surface area contributed by atoms with Gasteiger partial charge in [0.15, 0.2) is 6.29 Å². The van der Waals surface area contributed by atoms with Gasteiger partial charge in [0.2, 0.25) is 0 Å². The molecule has 0 aromatic heterocycles. The molecule has 19 heavy (non-hydrogen) atoms. The van der Waals surface area contributed by atoms with Crippen molar-refractivity contribution in [2.75, 3.05) is 18.0 Å². The van der Waals surface area contributed by atoms with E-state index in [1.165, 1.54) is 25.7 Å². The van der Waals surface area contributed by atoms with Crippen LogP contribution in [0.3, 0.4) is 0 Å². The SMILES string of the molecule is CCC1(CC)CCN(c2cccc(Cl)c2C=O)CC1. The van der Waals surface area contributed by atoms with Crippen LogP contribution < -0.4 is 4.90 Å². The van der Waals surface area contributed by atoms with Gasteiger partial charge >= 0.3 is 0 Å². The van der Waals surface area contributed by atoms with Crippen LogP contribution in [0.1, 0.15) is 49.9 Å². The highest BCUT2D eigenvalue weighted by Gasteiger charge is 2.31. The molecule has 1 aliphatic heterocycles. The fraction of sp³-hybridized carbons (Fsp3) is 0.562. The van der Waals surface area contributed by atoms with Crippen molar-refractivity contribution in [3.05, 3.63) is 28.8 Å². The molecule has 1 aliphatic rings. The van der Waals surface area contributed by atoms with Crippen LogP contribution in [-0.2, 0) is 0 Å². The molecule has 0 amide bonds. The van der Waals surface area contributed by atoms with E-state index in [2.05, 4.69) is 18.7 Å². The Morgan fingerprint density at radius 3 is 2.42 bits per heavy atom. The minimum absolute atomic E-state index is 0.496. The molecular weight excluding hydrogens is 258 g/mol. The Bertz CT molecular complexity index is 444. The maximum Gasteiger partial charge on any atom is 0.153 e. The van der Waals surface area contributed by atoms with Gasteiger partial charge in [-0.25, -0.2) is 0 Å². The zero-order valence-corrected chi connectivity index (χ0v) is 12.5. The average molecular weight is 280 g/mol. The Hall–Kier alpha value is -1.02. The molecule has 0 spiro atoms. The van der Waals surface area contributed by atoms with Crippen molar-refractivity contribution in [2.45, 2.75) is 39.5 Å². The van der Waals surface area contributed by atoms with E-state index in [0.717, 1.165) is 25.1 Å². The third-order valence-electron chi connectivity index (χ3n) is 4.81. The molecule has 0 N–H and O–H groups in total. The van der Waals surface area contributed by atoms with Gasteiger partial charge in [-0.05, 0) is 30.4 Å². The topological polar surface area (TPSA) is 20.3 Å². The van der Waals surface area contributed by atoms with E-state index in [1.807, 2.05) is 12.1 Å². The molecule has 0 saturated carbocycles. The summed E-state index contributed by atoms with van der Waals surface area (Å²) >= 11 is 6.10. The molecule has 1 fully saturated rings. The van der Waals surface area contributed by atoms with E-state index < -0.39 is 0 Å². The van der Waals surface area contributed by atoms with Crippen molar-refractivity contribution in [3.63, 3.8) is 0 Å². The predicted molar refractivity (Wildman–Crippen MR) is 81.3 cm³/mol. The van der Waals surface area contributed by atoms with E-state index in [0.29, 0.717) is 16.0 Å². The van der Waals surface area contributed by atoms with Crippen LogP contribution in [0.2, 0.25) is 5.02 Å². The number of nitrogens with zero attached hydrogens (tertiary/aromatic N) is 1. The Kier molecular flexibility index (Phi) is 4.51. The van der Waals surface area contributed by atoms with Crippen molar-refractivity contribution in [1.82, 2.24) is 0 Å². The van der Waals surface area contributed by atoms with Gasteiger partial charge in [0.05, 0.1) is 10.6 Å². The number of carbonyl (C=O) groups excluding carboxylic acids is 1. The Morgan fingerprint density at radius 2 is 1.89 bits per heavy atom. The van der Waals surface area contributed by atoms with E-state index in [4.69, 9.17) is 11.6 Å². The summed E-state index contributed by atoms with van der Waals surface area (Å²) in [5, 5.41) is 0.551. The lowest BCUT2D eigenvalue weighted by Crippen LogP contribution is -2.40. The van der Waals surface area contributed by atoms with E-state index in [9.17, 15) is 4.79 Å². The van der Waals surface area contributed by atoms with Crippen LogP contribution in [0.5, 0.6) is 0 Å². The van der Waals surface area contributed by atoms with Crippen LogP contribution in [0.25, 0.3) is 0 Å². The molecule has 1 heterocycles. The highest BCUT2D eigenvalue weighted by atomic mass is 35.5. The molecule has 2 nitrogen and oxygen atoms in total. The Morgan fingerprint density at radius 1 is 1.26 bits per heavy atom. The number of aldehydes is 1. The molecule has 1 saturated heterocycles.